The second-order valence-electron chi connectivity index (χ2n) is 7.66. The highest BCUT2D eigenvalue weighted by atomic mass is 35.5. The van der Waals surface area contributed by atoms with E-state index in [9.17, 15) is 4.79 Å². The van der Waals surface area contributed by atoms with Crippen molar-refractivity contribution in [1.29, 1.82) is 0 Å². The summed E-state index contributed by atoms with van der Waals surface area (Å²) < 4.78 is 1.64. The summed E-state index contributed by atoms with van der Waals surface area (Å²) in [7, 11) is 0. The molecule has 0 aliphatic carbocycles. The number of halogens is 1. The molecule has 2 aromatic heterocycles. The van der Waals surface area contributed by atoms with E-state index >= 15 is 0 Å². The summed E-state index contributed by atoms with van der Waals surface area (Å²) in [5.41, 5.74) is 12.2. The molecule has 3 N–H and O–H groups in total. The molecule has 2 aromatic carbocycles. The van der Waals surface area contributed by atoms with Crippen LogP contribution in [0.3, 0.4) is 0 Å². The van der Waals surface area contributed by atoms with Crippen LogP contribution in [0.25, 0.3) is 16.8 Å². The number of fused-ring (bicyclic) bond motifs is 1. The summed E-state index contributed by atoms with van der Waals surface area (Å²) in [6, 6.07) is 15.7. The molecule has 0 atom stereocenters. The van der Waals surface area contributed by atoms with Crippen molar-refractivity contribution < 1.29 is 4.79 Å². The largest absolute Gasteiger partial charge is 0.366 e. The average Bonchev–Trinajstić information content (AvgIpc) is 3.11. The van der Waals surface area contributed by atoms with Gasteiger partial charge in [0, 0.05) is 23.3 Å². The van der Waals surface area contributed by atoms with Crippen LogP contribution in [0.15, 0.2) is 54.7 Å². The van der Waals surface area contributed by atoms with Crippen LogP contribution >= 0.6 is 11.6 Å². The Kier molecular flexibility index (Phi) is 5.91. The first kappa shape index (κ1) is 20.9. The van der Waals surface area contributed by atoms with Crippen molar-refractivity contribution in [2.45, 2.75) is 26.7 Å². The normalized spacial score (nSPS) is 11.1. The number of carbonyl (C=O) groups excluding carboxylic acids is 1. The summed E-state index contributed by atoms with van der Waals surface area (Å²) in [6.07, 6.45) is 3.57. The van der Waals surface area contributed by atoms with Gasteiger partial charge in [-0.15, -0.1) is 5.10 Å². The quantitative estimate of drug-likeness (QED) is 0.435. The number of carbonyl (C=O) groups is 1. The van der Waals surface area contributed by atoms with E-state index in [4.69, 9.17) is 17.3 Å². The molecule has 4 rings (SSSR count). The Bertz CT molecular complexity index is 1250. The van der Waals surface area contributed by atoms with Crippen molar-refractivity contribution in [2.75, 3.05) is 12.3 Å². The second-order valence-corrected chi connectivity index (χ2v) is 8.09. The predicted octanol–water partition coefficient (Wildman–Crippen LogP) is 4.61. The number of nitrogens with zero attached hydrogens (tertiary/aromatic N) is 3. The molecule has 4 aromatic rings. The number of hydrogen-bond acceptors (Lipinski definition) is 4. The maximum atomic E-state index is 12.9. The topological polar surface area (TPSA) is 85.3 Å². The van der Waals surface area contributed by atoms with Gasteiger partial charge in [-0.1, -0.05) is 29.8 Å². The number of aryl methyl sites for hydroxylation is 3. The zero-order chi connectivity index (χ0) is 22.0. The van der Waals surface area contributed by atoms with Gasteiger partial charge in [0.2, 0.25) is 5.95 Å². The molecule has 1 amide bonds. The number of nitrogen functional groups attached to an aromatic ring is 1. The van der Waals surface area contributed by atoms with E-state index in [2.05, 4.69) is 15.4 Å². The van der Waals surface area contributed by atoms with Crippen LogP contribution in [-0.2, 0) is 6.42 Å². The third-order valence-electron chi connectivity index (χ3n) is 5.32. The van der Waals surface area contributed by atoms with Crippen LogP contribution in [-0.4, -0.2) is 27.0 Å². The van der Waals surface area contributed by atoms with E-state index in [1.54, 1.807) is 4.52 Å². The first-order valence-electron chi connectivity index (χ1n) is 10.2. The first-order valence-corrected chi connectivity index (χ1v) is 10.5. The van der Waals surface area contributed by atoms with Crippen LogP contribution in [0.5, 0.6) is 0 Å². The van der Waals surface area contributed by atoms with Crippen LogP contribution < -0.4 is 11.1 Å². The molecule has 31 heavy (non-hydrogen) atoms. The molecule has 0 saturated heterocycles. The zero-order valence-electron chi connectivity index (χ0n) is 17.5. The minimum absolute atomic E-state index is 0.0670. The number of pyridine rings is 1. The number of nitrogens with two attached hydrogens (primary N) is 1. The Labute approximate surface area is 186 Å². The van der Waals surface area contributed by atoms with Crippen LogP contribution in [0.2, 0.25) is 5.02 Å². The maximum Gasteiger partial charge on any atom is 0.251 e. The van der Waals surface area contributed by atoms with Crippen molar-refractivity contribution in [3.05, 3.63) is 82.0 Å². The minimum Gasteiger partial charge on any atom is -0.366 e. The van der Waals surface area contributed by atoms with E-state index in [1.807, 2.05) is 68.6 Å². The van der Waals surface area contributed by atoms with Gasteiger partial charge in [0.1, 0.15) is 0 Å². The molecule has 0 fully saturated rings. The lowest BCUT2D eigenvalue weighted by molar-refractivity contribution is 0.0952. The molecule has 0 unspecified atom stereocenters. The zero-order valence-corrected chi connectivity index (χ0v) is 18.3. The Balaban J connectivity index is 1.48. The number of nitrogens with one attached hydrogen (secondary N) is 1. The standard InChI is InChI=1S/C24H24ClN5O/c1-15-12-16(2)21(23(31)27-10-3-4-17-5-7-19(25)8-6-17)14-20(15)18-9-11-30-22(13-18)28-24(26)29-30/h5-9,11-14H,3-4,10H2,1-2H3,(H2,26,29)(H,27,31). The van der Waals surface area contributed by atoms with Gasteiger partial charge in [-0.2, -0.15) is 4.98 Å². The van der Waals surface area contributed by atoms with E-state index in [1.165, 1.54) is 5.56 Å². The van der Waals surface area contributed by atoms with Gasteiger partial charge >= 0.3 is 0 Å². The van der Waals surface area contributed by atoms with Crippen molar-refractivity contribution in [1.82, 2.24) is 19.9 Å². The number of benzene rings is 2. The lowest BCUT2D eigenvalue weighted by Crippen LogP contribution is -2.25. The van der Waals surface area contributed by atoms with Gasteiger partial charge < -0.3 is 11.1 Å². The van der Waals surface area contributed by atoms with Crippen LogP contribution in [0.1, 0.15) is 33.5 Å². The average molecular weight is 434 g/mol. The van der Waals surface area contributed by atoms with Crippen molar-refractivity contribution in [2.24, 2.45) is 0 Å². The molecule has 0 aliphatic heterocycles. The monoisotopic (exact) mass is 433 g/mol. The molecule has 0 aliphatic rings. The second kappa shape index (κ2) is 8.78. The lowest BCUT2D eigenvalue weighted by atomic mass is 9.95. The Morgan fingerprint density at radius 1 is 1.10 bits per heavy atom. The van der Waals surface area contributed by atoms with Crippen molar-refractivity contribution in [3.63, 3.8) is 0 Å². The highest BCUT2D eigenvalue weighted by molar-refractivity contribution is 6.30. The number of amides is 1. The smallest absolute Gasteiger partial charge is 0.251 e. The third-order valence-corrected chi connectivity index (χ3v) is 5.57. The van der Waals surface area contributed by atoms with Gasteiger partial charge in [0.05, 0.1) is 0 Å². The number of anilines is 1. The Morgan fingerprint density at radius 3 is 2.65 bits per heavy atom. The predicted molar refractivity (Wildman–Crippen MR) is 124 cm³/mol. The van der Waals surface area contributed by atoms with Crippen LogP contribution in [0, 0.1) is 13.8 Å². The molecule has 0 radical (unpaired) electrons. The number of hydrogen-bond donors (Lipinski definition) is 2. The molecular formula is C24H24ClN5O. The molecule has 0 bridgehead atoms. The van der Waals surface area contributed by atoms with Gasteiger partial charge in [0.25, 0.3) is 5.91 Å². The summed E-state index contributed by atoms with van der Waals surface area (Å²) in [6.45, 7) is 4.61. The molecule has 158 valence electrons. The summed E-state index contributed by atoms with van der Waals surface area (Å²) in [4.78, 5) is 17.1. The van der Waals surface area contributed by atoms with E-state index in [0.29, 0.717) is 17.8 Å². The fourth-order valence-corrected chi connectivity index (χ4v) is 3.84. The molecule has 0 spiro atoms. The number of rotatable bonds is 6. The Hall–Kier alpha value is -3.38. The van der Waals surface area contributed by atoms with E-state index < -0.39 is 0 Å². The van der Waals surface area contributed by atoms with Gasteiger partial charge in [0.15, 0.2) is 5.65 Å². The highest BCUT2D eigenvalue weighted by Crippen LogP contribution is 2.27. The van der Waals surface area contributed by atoms with E-state index in [0.717, 1.165) is 40.1 Å². The third kappa shape index (κ3) is 4.70. The Morgan fingerprint density at radius 2 is 1.87 bits per heavy atom. The fraction of sp³-hybridized carbons (Fsp3) is 0.208. The summed E-state index contributed by atoms with van der Waals surface area (Å²) >= 11 is 5.92. The molecular weight excluding hydrogens is 410 g/mol. The van der Waals surface area contributed by atoms with E-state index in [-0.39, 0.29) is 11.9 Å². The van der Waals surface area contributed by atoms with Crippen molar-refractivity contribution >= 4 is 29.1 Å². The maximum absolute atomic E-state index is 12.9. The van der Waals surface area contributed by atoms with Gasteiger partial charge in [-0.05, 0) is 84.8 Å². The molecule has 0 saturated carbocycles. The molecule has 2 heterocycles. The summed E-state index contributed by atoms with van der Waals surface area (Å²) in [5.74, 6) is 0.166. The molecule has 6 nitrogen and oxygen atoms in total. The first-order chi connectivity index (χ1) is 14.9. The lowest BCUT2D eigenvalue weighted by Gasteiger charge is -2.13. The highest BCUT2D eigenvalue weighted by Gasteiger charge is 2.14. The number of aromatic nitrogens is 3. The van der Waals surface area contributed by atoms with Gasteiger partial charge in [-0.25, -0.2) is 4.52 Å². The van der Waals surface area contributed by atoms with Gasteiger partial charge in [-0.3, -0.25) is 4.79 Å². The summed E-state index contributed by atoms with van der Waals surface area (Å²) in [5, 5.41) is 7.89. The minimum atomic E-state index is -0.0670. The van der Waals surface area contributed by atoms with Crippen molar-refractivity contribution in [3.8, 4) is 11.1 Å². The van der Waals surface area contributed by atoms with Crippen LogP contribution in [0.4, 0.5) is 5.95 Å². The SMILES string of the molecule is Cc1cc(C)c(-c2ccn3nc(N)nc3c2)cc1C(=O)NCCCc1ccc(Cl)cc1. The fourth-order valence-electron chi connectivity index (χ4n) is 3.71. The molecule has 7 heteroatoms.